The number of hydrogen-bond acceptors (Lipinski definition) is 2. The van der Waals surface area contributed by atoms with Gasteiger partial charge in [-0.2, -0.15) is 0 Å². The van der Waals surface area contributed by atoms with E-state index in [9.17, 15) is 4.79 Å². The molecule has 2 atom stereocenters. The fourth-order valence-corrected chi connectivity index (χ4v) is 3.86. The van der Waals surface area contributed by atoms with E-state index in [-0.39, 0.29) is 40.5 Å². The van der Waals surface area contributed by atoms with Crippen LogP contribution in [0.25, 0.3) is 0 Å². The van der Waals surface area contributed by atoms with Crippen molar-refractivity contribution in [3.8, 4) is 5.75 Å². The van der Waals surface area contributed by atoms with Crippen LogP contribution in [0.5, 0.6) is 5.75 Å². The molecule has 0 saturated carbocycles. The molecule has 0 aromatic heterocycles. The monoisotopic (exact) mass is 350 g/mol. The Morgan fingerprint density at radius 2 is 1.68 bits per heavy atom. The van der Waals surface area contributed by atoms with Crippen LogP contribution in [0.1, 0.15) is 54.3 Å². The van der Waals surface area contributed by atoms with Gasteiger partial charge >= 0.3 is 18.9 Å². The second kappa shape index (κ2) is 9.58. The molecule has 2 aromatic rings. The first-order chi connectivity index (χ1) is 11.3. The molecule has 2 nitrogen and oxygen atoms in total. The van der Waals surface area contributed by atoms with Crippen molar-refractivity contribution in [2.45, 2.75) is 54.1 Å². The Morgan fingerprint density at radius 3 is 2.24 bits per heavy atom. The SMILES string of the molecule is CCC(C)Oc1ccc(PC(=O)c2c(C)cc(C)c(C)c2C)cc1.[H-].[Li+]. The van der Waals surface area contributed by atoms with Gasteiger partial charge in [-0.3, -0.25) is 4.79 Å². The number of carbonyl (C=O) groups is 1. The zero-order chi connectivity index (χ0) is 17.9. The zero-order valence-electron chi connectivity index (χ0n) is 17.5. The molecule has 4 heteroatoms. The smallest absolute Gasteiger partial charge is 1.00 e. The van der Waals surface area contributed by atoms with Crippen LogP contribution >= 0.6 is 8.58 Å². The van der Waals surface area contributed by atoms with Gasteiger partial charge in [0.05, 0.1) is 6.10 Å². The predicted molar refractivity (Wildman–Crippen MR) is 106 cm³/mol. The van der Waals surface area contributed by atoms with Crippen molar-refractivity contribution < 1.29 is 29.8 Å². The maximum absolute atomic E-state index is 12.8. The molecule has 2 unspecified atom stereocenters. The number of benzene rings is 2. The van der Waals surface area contributed by atoms with Gasteiger partial charge in [-0.25, -0.2) is 0 Å². The largest absolute Gasteiger partial charge is 1.00 e. The third-order valence-electron chi connectivity index (χ3n) is 4.61. The van der Waals surface area contributed by atoms with Crippen LogP contribution in [-0.4, -0.2) is 11.6 Å². The molecule has 0 amide bonds. The summed E-state index contributed by atoms with van der Waals surface area (Å²) in [6.45, 7) is 12.4. The standard InChI is InChI=1S/C21H27O2P.Li.H/c1-7-15(4)23-18-8-10-19(11-9-18)24-21(22)20-14(3)12-13(2)16(5)17(20)6;;/h8-12,15,24H,7H2,1-6H3;;/q;+1;-1. The minimum Gasteiger partial charge on any atom is -1.00 e. The average molecular weight is 350 g/mol. The van der Waals surface area contributed by atoms with Gasteiger partial charge in [0.1, 0.15) is 5.75 Å². The van der Waals surface area contributed by atoms with Gasteiger partial charge in [-0.15, -0.1) is 0 Å². The van der Waals surface area contributed by atoms with Crippen molar-refractivity contribution in [3.05, 3.63) is 58.1 Å². The van der Waals surface area contributed by atoms with Crippen molar-refractivity contribution in [2.24, 2.45) is 0 Å². The van der Waals surface area contributed by atoms with E-state index >= 15 is 0 Å². The van der Waals surface area contributed by atoms with Crippen LogP contribution in [0.3, 0.4) is 0 Å². The van der Waals surface area contributed by atoms with Gasteiger partial charge in [0.25, 0.3) is 0 Å². The molecule has 25 heavy (non-hydrogen) atoms. The van der Waals surface area contributed by atoms with E-state index in [2.05, 4.69) is 40.7 Å². The molecule has 0 radical (unpaired) electrons. The van der Waals surface area contributed by atoms with Gasteiger partial charge in [0, 0.05) is 5.56 Å². The van der Waals surface area contributed by atoms with E-state index in [0.29, 0.717) is 0 Å². The van der Waals surface area contributed by atoms with Gasteiger partial charge in [0.2, 0.25) is 0 Å². The van der Waals surface area contributed by atoms with Gasteiger partial charge in [-0.05, 0) is 89.3 Å². The molecule has 0 aliphatic rings. The quantitative estimate of drug-likeness (QED) is 0.591. The van der Waals surface area contributed by atoms with Crippen LogP contribution in [0.2, 0.25) is 0 Å². The third kappa shape index (κ3) is 5.45. The number of carbonyl (C=O) groups excluding carboxylic acids is 1. The first kappa shape index (κ1) is 22.0. The fraction of sp³-hybridized carbons (Fsp3) is 0.381. The van der Waals surface area contributed by atoms with Crippen molar-refractivity contribution >= 4 is 19.4 Å². The normalized spacial score (nSPS) is 12.1. The van der Waals surface area contributed by atoms with Crippen LogP contribution in [0, 0.1) is 27.7 Å². The fourth-order valence-electron chi connectivity index (χ4n) is 2.76. The van der Waals surface area contributed by atoms with Crippen molar-refractivity contribution in [1.82, 2.24) is 0 Å². The van der Waals surface area contributed by atoms with E-state index in [4.69, 9.17) is 4.74 Å². The Balaban J connectivity index is 0.00000312. The molecule has 0 aliphatic heterocycles. The molecular weight excluding hydrogens is 322 g/mol. The molecule has 0 N–H and O–H groups in total. The topological polar surface area (TPSA) is 26.3 Å². The number of ether oxygens (including phenoxy) is 1. The third-order valence-corrected chi connectivity index (χ3v) is 5.71. The van der Waals surface area contributed by atoms with E-state index in [1.165, 1.54) is 11.1 Å². The van der Waals surface area contributed by atoms with Gasteiger partial charge in [-0.1, -0.05) is 25.1 Å². The maximum Gasteiger partial charge on any atom is 1.00 e. The summed E-state index contributed by atoms with van der Waals surface area (Å²) >= 11 is 0. The van der Waals surface area contributed by atoms with Crippen LogP contribution in [-0.2, 0) is 0 Å². The molecular formula is C21H28LiO2P. The van der Waals surface area contributed by atoms with Crippen molar-refractivity contribution in [3.63, 3.8) is 0 Å². The second-order valence-electron chi connectivity index (χ2n) is 6.45. The zero-order valence-corrected chi connectivity index (χ0v) is 17.5. The molecule has 0 spiro atoms. The molecule has 2 aromatic carbocycles. The van der Waals surface area contributed by atoms with Crippen molar-refractivity contribution in [1.29, 1.82) is 0 Å². The Kier molecular flexibility index (Phi) is 8.43. The number of rotatable bonds is 6. The Morgan fingerprint density at radius 1 is 1.08 bits per heavy atom. The molecule has 0 bridgehead atoms. The molecule has 0 aliphatic carbocycles. The maximum atomic E-state index is 12.8. The van der Waals surface area contributed by atoms with E-state index in [1.807, 2.05) is 31.2 Å². The summed E-state index contributed by atoms with van der Waals surface area (Å²) in [5.74, 6) is 0.865. The van der Waals surface area contributed by atoms with Gasteiger partial charge in [0.15, 0.2) is 5.52 Å². The van der Waals surface area contributed by atoms with Gasteiger partial charge < -0.3 is 6.16 Å². The first-order valence-electron chi connectivity index (χ1n) is 8.49. The van der Waals surface area contributed by atoms with Crippen LogP contribution in [0.4, 0.5) is 0 Å². The first-order valence-corrected chi connectivity index (χ1v) is 9.49. The van der Waals surface area contributed by atoms with Crippen molar-refractivity contribution in [2.75, 3.05) is 0 Å². The van der Waals surface area contributed by atoms with Crippen LogP contribution in [0.15, 0.2) is 30.3 Å². The van der Waals surface area contributed by atoms with E-state index < -0.39 is 0 Å². The molecule has 130 valence electrons. The number of aryl methyl sites for hydroxylation is 2. The molecule has 0 fully saturated rings. The summed E-state index contributed by atoms with van der Waals surface area (Å²) in [6, 6.07) is 10.0. The molecule has 0 saturated heterocycles. The van der Waals surface area contributed by atoms with E-state index in [1.54, 1.807) is 0 Å². The summed E-state index contributed by atoms with van der Waals surface area (Å²) in [6.07, 6.45) is 1.19. The Bertz CT molecular complexity index is 745. The minimum absolute atomic E-state index is 0. The van der Waals surface area contributed by atoms with E-state index in [0.717, 1.165) is 34.2 Å². The predicted octanol–water partition coefficient (Wildman–Crippen LogP) is 2.36. The molecule has 0 heterocycles. The number of hydrogen-bond donors (Lipinski definition) is 0. The summed E-state index contributed by atoms with van der Waals surface area (Å²) in [5.41, 5.74) is 5.74. The summed E-state index contributed by atoms with van der Waals surface area (Å²) in [7, 11) is 0.140. The Labute approximate surface area is 167 Å². The second-order valence-corrected chi connectivity index (χ2v) is 7.73. The molecule has 2 rings (SSSR count). The summed E-state index contributed by atoms with van der Waals surface area (Å²) in [4.78, 5) is 12.8. The summed E-state index contributed by atoms with van der Waals surface area (Å²) < 4.78 is 5.79. The Hall–Kier alpha value is -1.06. The average Bonchev–Trinajstić information content (AvgIpc) is 2.54. The summed E-state index contributed by atoms with van der Waals surface area (Å²) in [5, 5.41) is 1.05. The van der Waals surface area contributed by atoms with Crippen LogP contribution < -0.4 is 28.9 Å². The minimum atomic E-state index is 0.